The number of sulfonamides is 1. The van der Waals surface area contributed by atoms with E-state index in [4.69, 9.17) is 0 Å². The summed E-state index contributed by atoms with van der Waals surface area (Å²) in [6, 6.07) is 4.37. The van der Waals surface area contributed by atoms with Gasteiger partial charge in [0.2, 0.25) is 5.91 Å². The summed E-state index contributed by atoms with van der Waals surface area (Å²) in [5.41, 5.74) is -0.245. The van der Waals surface area contributed by atoms with Gasteiger partial charge >= 0.3 is 0 Å². The molecule has 0 radical (unpaired) electrons. The van der Waals surface area contributed by atoms with Crippen molar-refractivity contribution in [2.45, 2.75) is 109 Å². The van der Waals surface area contributed by atoms with Crippen molar-refractivity contribution in [1.29, 1.82) is 0 Å². The molecule has 0 aromatic heterocycles. The number of aliphatic hydroxyl groups is 2. The largest absolute Gasteiger partial charge is 0.393 e. The maximum atomic E-state index is 15.6. The van der Waals surface area contributed by atoms with Gasteiger partial charge in [0.15, 0.2) is 0 Å². The van der Waals surface area contributed by atoms with Gasteiger partial charge in [-0.2, -0.15) is 0 Å². The second kappa shape index (κ2) is 11.2. The van der Waals surface area contributed by atoms with Crippen molar-refractivity contribution in [2.24, 2.45) is 52.3 Å². The standard InChI is InChI=1S/C32H47F2NO5S/c1-5-21-28-29(34)25(36)15-17-32(28,4)24-14-16-31(3)22(11-12-23(31)27(24)30(21)38)18(2)6-13-26(37)35-41(39,40)20-9-7-19(33)8-10-20/h7-10,18,21-25,27-30,36,38H,5-6,11-17H2,1-4H3,(H,35,37)/t18?,21-,22-,23+,24+,25-,27+,28-,29+,30-,31-,32-/m1/s1. The molecule has 4 aliphatic carbocycles. The molecule has 0 spiro atoms. The van der Waals surface area contributed by atoms with Gasteiger partial charge in [-0.1, -0.05) is 34.1 Å². The lowest BCUT2D eigenvalue weighted by molar-refractivity contribution is -0.222. The Morgan fingerprint density at radius 3 is 2.34 bits per heavy atom. The van der Waals surface area contributed by atoms with Crippen molar-refractivity contribution < 1.29 is 32.2 Å². The third-order valence-electron chi connectivity index (χ3n) is 12.4. The SMILES string of the molecule is CC[C@H]1[C@@H](O)[C@@H]2[C@H](CC[C@]3(C)[C@@H](C(C)CCC(=O)NS(=O)(=O)c4ccc(F)cc4)CC[C@@H]23)[C@@]2(C)CC[C@@H](O)[C@H](F)[C@@H]12. The molecule has 4 aliphatic rings. The number of benzene rings is 1. The molecule has 0 bridgehead atoms. The monoisotopic (exact) mass is 595 g/mol. The number of aliphatic hydroxyl groups excluding tert-OH is 2. The Hall–Kier alpha value is -1.58. The van der Waals surface area contributed by atoms with E-state index in [1.165, 1.54) is 0 Å². The Balaban J connectivity index is 1.28. The Morgan fingerprint density at radius 1 is 1.05 bits per heavy atom. The third-order valence-corrected chi connectivity index (χ3v) is 13.7. The molecule has 1 amide bonds. The summed E-state index contributed by atoms with van der Waals surface area (Å²) in [6.07, 6.45) is 3.67. The van der Waals surface area contributed by atoms with Crippen LogP contribution in [0, 0.1) is 58.1 Å². The first kappa shape index (κ1) is 30.9. The van der Waals surface area contributed by atoms with Crippen LogP contribution >= 0.6 is 0 Å². The lowest BCUT2D eigenvalue weighted by Gasteiger charge is -2.65. The van der Waals surface area contributed by atoms with Gasteiger partial charge in [-0.3, -0.25) is 4.79 Å². The Kier molecular flexibility index (Phi) is 8.40. The number of carbonyl (C=O) groups is 1. The van der Waals surface area contributed by atoms with Gasteiger partial charge in [0, 0.05) is 12.3 Å². The molecule has 4 saturated carbocycles. The second-order valence-electron chi connectivity index (χ2n) is 14.2. The molecule has 3 N–H and O–H groups in total. The number of rotatable bonds is 7. The average molecular weight is 596 g/mol. The van der Waals surface area contributed by atoms with Crippen LogP contribution < -0.4 is 4.72 Å². The molecule has 9 heteroatoms. The maximum Gasteiger partial charge on any atom is 0.264 e. The summed E-state index contributed by atoms with van der Waals surface area (Å²) in [5, 5.41) is 22.2. The highest BCUT2D eigenvalue weighted by molar-refractivity contribution is 7.90. The first-order chi connectivity index (χ1) is 19.2. The number of alkyl halides is 1. The highest BCUT2D eigenvalue weighted by Crippen LogP contribution is 2.69. The van der Waals surface area contributed by atoms with Gasteiger partial charge in [0.1, 0.15) is 12.0 Å². The van der Waals surface area contributed by atoms with E-state index in [-0.39, 0.29) is 51.7 Å². The van der Waals surface area contributed by atoms with E-state index in [0.29, 0.717) is 31.1 Å². The number of hydrogen-bond donors (Lipinski definition) is 3. The van der Waals surface area contributed by atoms with Gasteiger partial charge in [0.25, 0.3) is 10.0 Å². The maximum absolute atomic E-state index is 15.6. The first-order valence-electron chi connectivity index (χ1n) is 15.6. The van der Waals surface area contributed by atoms with Crippen LogP contribution in [-0.4, -0.2) is 42.9 Å². The van der Waals surface area contributed by atoms with Crippen LogP contribution in [0.25, 0.3) is 0 Å². The van der Waals surface area contributed by atoms with Gasteiger partial charge in [-0.05, 0) is 116 Å². The average Bonchev–Trinajstić information content (AvgIpc) is 3.28. The van der Waals surface area contributed by atoms with Gasteiger partial charge < -0.3 is 10.2 Å². The van der Waals surface area contributed by atoms with Crippen LogP contribution in [0.2, 0.25) is 0 Å². The van der Waals surface area contributed by atoms with Crippen molar-refractivity contribution in [3.05, 3.63) is 30.1 Å². The van der Waals surface area contributed by atoms with Crippen LogP contribution in [0.5, 0.6) is 0 Å². The van der Waals surface area contributed by atoms with Gasteiger partial charge in [-0.25, -0.2) is 21.9 Å². The molecule has 0 heterocycles. The zero-order valence-electron chi connectivity index (χ0n) is 24.7. The van der Waals surface area contributed by atoms with E-state index in [2.05, 4.69) is 25.5 Å². The predicted octanol–water partition coefficient (Wildman–Crippen LogP) is 5.62. The van der Waals surface area contributed by atoms with Gasteiger partial charge in [-0.15, -0.1) is 0 Å². The molecule has 0 aliphatic heterocycles. The smallest absolute Gasteiger partial charge is 0.264 e. The molecule has 1 aromatic rings. The van der Waals surface area contributed by atoms with Crippen LogP contribution in [0.15, 0.2) is 29.2 Å². The fraction of sp³-hybridized carbons (Fsp3) is 0.781. The molecule has 230 valence electrons. The lowest BCUT2D eigenvalue weighted by Crippen LogP contribution is -2.65. The van der Waals surface area contributed by atoms with E-state index >= 15 is 4.39 Å². The van der Waals surface area contributed by atoms with E-state index in [9.17, 15) is 27.8 Å². The third kappa shape index (κ3) is 5.16. The second-order valence-corrected chi connectivity index (χ2v) is 15.8. The summed E-state index contributed by atoms with van der Waals surface area (Å²) in [7, 11) is -4.06. The highest BCUT2D eigenvalue weighted by atomic mass is 32.2. The van der Waals surface area contributed by atoms with Crippen molar-refractivity contribution in [1.82, 2.24) is 4.72 Å². The number of carbonyl (C=O) groups excluding carboxylic acids is 1. The number of nitrogens with one attached hydrogen (secondary N) is 1. The summed E-state index contributed by atoms with van der Waals surface area (Å²) in [4.78, 5) is 12.5. The molecule has 41 heavy (non-hydrogen) atoms. The molecule has 5 rings (SSSR count). The number of amides is 1. The Morgan fingerprint density at radius 2 is 1.68 bits per heavy atom. The van der Waals surface area contributed by atoms with Crippen LogP contribution in [0.4, 0.5) is 8.78 Å². The lowest BCUT2D eigenvalue weighted by atomic mass is 9.41. The highest BCUT2D eigenvalue weighted by Gasteiger charge is 2.66. The van der Waals surface area contributed by atoms with Crippen molar-refractivity contribution in [2.75, 3.05) is 0 Å². The summed E-state index contributed by atoms with van der Waals surface area (Å²) in [6.45, 7) is 8.74. The Bertz CT molecular complexity index is 1230. The first-order valence-corrected chi connectivity index (χ1v) is 17.0. The molecule has 1 unspecified atom stereocenters. The zero-order chi connectivity index (χ0) is 29.9. The van der Waals surface area contributed by atoms with Gasteiger partial charge in [0.05, 0.1) is 17.1 Å². The van der Waals surface area contributed by atoms with Crippen molar-refractivity contribution >= 4 is 15.9 Å². The number of fused-ring (bicyclic) bond motifs is 5. The van der Waals surface area contributed by atoms with Crippen molar-refractivity contribution in [3.63, 3.8) is 0 Å². The summed E-state index contributed by atoms with van der Waals surface area (Å²) >= 11 is 0. The fourth-order valence-electron chi connectivity index (χ4n) is 10.4. The van der Waals surface area contributed by atoms with E-state index in [1.54, 1.807) is 0 Å². The summed E-state index contributed by atoms with van der Waals surface area (Å²) in [5.74, 6) is -0.443. The predicted molar refractivity (Wildman–Crippen MR) is 152 cm³/mol. The molecular weight excluding hydrogens is 548 g/mol. The zero-order valence-corrected chi connectivity index (χ0v) is 25.5. The molecule has 12 atom stereocenters. The number of halogens is 2. The number of hydrogen-bond acceptors (Lipinski definition) is 5. The summed E-state index contributed by atoms with van der Waals surface area (Å²) < 4.78 is 56.0. The normalized spacial score (nSPS) is 43.0. The van der Waals surface area contributed by atoms with E-state index in [1.807, 2.05) is 6.92 Å². The molecule has 6 nitrogen and oxygen atoms in total. The minimum Gasteiger partial charge on any atom is -0.393 e. The molecule has 4 fully saturated rings. The van der Waals surface area contributed by atoms with Crippen molar-refractivity contribution in [3.8, 4) is 0 Å². The van der Waals surface area contributed by atoms with Crippen LogP contribution in [-0.2, 0) is 14.8 Å². The minimum absolute atomic E-state index is 0.0109. The van der Waals surface area contributed by atoms with Crippen LogP contribution in [0.1, 0.15) is 85.5 Å². The fourth-order valence-corrected chi connectivity index (χ4v) is 11.4. The quantitative estimate of drug-likeness (QED) is 0.380. The molecule has 1 aromatic carbocycles. The minimum atomic E-state index is -4.06. The Labute approximate surface area is 243 Å². The van der Waals surface area contributed by atoms with E-state index < -0.39 is 40.1 Å². The molecular formula is C32H47F2NO5S. The van der Waals surface area contributed by atoms with Crippen LogP contribution in [0.3, 0.4) is 0 Å². The molecule has 0 saturated heterocycles. The van der Waals surface area contributed by atoms with E-state index in [0.717, 1.165) is 56.4 Å². The topological polar surface area (TPSA) is 104 Å².